The van der Waals surface area contributed by atoms with Crippen LogP contribution in [-0.2, 0) is 9.47 Å². The van der Waals surface area contributed by atoms with Crippen molar-refractivity contribution >= 4 is 6.09 Å². The second-order valence-electron chi connectivity index (χ2n) is 6.03. The highest BCUT2D eigenvalue weighted by molar-refractivity contribution is 5.69. The zero-order valence-corrected chi connectivity index (χ0v) is 11.2. The Balaban J connectivity index is 2.06. The van der Waals surface area contributed by atoms with Gasteiger partial charge in [-0.3, -0.25) is 4.90 Å². The second kappa shape index (κ2) is 5.03. The maximum atomic E-state index is 12.2. The third-order valence-electron chi connectivity index (χ3n) is 3.31. The molecule has 6 nitrogen and oxygen atoms in total. The van der Waals surface area contributed by atoms with E-state index < -0.39 is 5.60 Å². The standard InChI is InChI=1S/C12H22N2O4/c1-12(2,3)18-11(15)14-9-4-8(13-16)5-10(14)7-17-6-9/h8-10,13,16H,4-7H2,1-3H3. The molecule has 2 atom stereocenters. The number of ether oxygens (including phenoxy) is 2. The molecule has 0 aliphatic carbocycles. The molecule has 2 N–H and O–H groups in total. The van der Waals surface area contributed by atoms with Crippen LogP contribution >= 0.6 is 0 Å². The molecule has 18 heavy (non-hydrogen) atoms. The molecule has 2 bridgehead atoms. The molecular formula is C12H22N2O4. The lowest BCUT2D eigenvalue weighted by Crippen LogP contribution is -2.62. The largest absolute Gasteiger partial charge is 0.444 e. The minimum Gasteiger partial charge on any atom is -0.444 e. The first-order valence-corrected chi connectivity index (χ1v) is 6.39. The van der Waals surface area contributed by atoms with Crippen molar-refractivity contribution in [3.05, 3.63) is 0 Å². The summed E-state index contributed by atoms with van der Waals surface area (Å²) >= 11 is 0. The molecule has 0 spiro atoms. The highest BCUT2D eigenvalue weighted by atomic mass is 16.6. The fourth-order valence-corrected chi connectivity index (χ4v) is 2.63. The smallest absolute Gasteiger partial charge is 0.410 e. The fraction of sp³-hybridized carbons (Fsp3) is 0.917. The van der Waals surface area contributed by atoms with E-state index >= 15 is 0 Å². The molecule has 2 heterocycles. The van der Waals surface area contributed by atoms with E-state index in [9.17, 15) is 4.79 Å². The first kappa shape index (κ1) is 13.6. The van der Waals surface area contributed by atoms with Crippen molar-refractivity contribution in [2.24, 2.45) is 0 Å². The number of carbonyl (C=O) groups excluding carboxylic acids is 1. The molecule has 2 aliphatic heterocycles. The van der Waals surface area contributed by atoms with Gasteiger partial charge in [0.2, 0.25) is 0 Å². The highest BCUT2D eigenvalue weighted by Gasteiger charge is 2.43. The highest BCUT2D eigenvalue weighted by Crippen LogP contribution is 2.29. The maximum absolute atomic E-state index is 12.2. The van der Waals surface area contributed by atoms with Crippen LogP contribution < -0.4 is 5.48 Å². The van der Waals surface area contributed by atoms with Crippen molar-refractivity contribution in [3.8, 4) is 0 Å². The number of morpholine rings is 1. The molecule has 2 rings (SSSR count). The van der Waals surface area contributed by atoms with Gasteiger partial charge >= 0.3 is 6.09 Å². The van der Waals surface area contributed by atoms with E-state index in [1.807, 2.05) is 20.8 Å². The van der Waals surface area contributed by atoms with E-state index in [2.05, 4.69) is 5.48 Å². The lowest BCUT2D eigenvalue weighted by Gasteiger charge is -2.47. The first-order chi connectivity index (χ1) is 8.40. The molecule has 2 unspecified atom stereocenters. The number of rotatable bonds is 1. The zero-order valence-electron chi connectivity index (χ0n) is 11.2. The van der Waals surface area contributed by atoms with Crippen molar-refractivity contribution in [1.82, 2.24) is 10.4 Å². The van der Waals surface area contributed by atoms with Gasteiger partial charge in [0, 0.05) is 6.04 Å². The molecular weight excluding hydrogens is 236 g/mol. The molecule has 0 radical (unpaired) electrons. The van der Waals surface area contributed by atoms with Gasteiger partial charge in [-0.15, -0.1) is 0 Å². The molecule has 1 amide bonds. The topological polar surface area (TPSA) is 71.0 Å². The summed E-state index contributed by atoms with van der Waals surface area (Å²) in [5.41, 5.74) is 1.82. The summed E-state index contributed by atoms with van der Waals surface area (Å²) in [6, 6.07) is -0.00316. The van der Waals surface area contributed by atoms with E-state index in [4.69, 9.17) is 14.7 Å². The summed E-state index contributed by atoms with van der Waals surface area (Å²) in [4.78, 5) is 14.0. The summed E-state index contributed by atoms with van der Waals surface area (Å²) in [6.07, 6.45) is 1.09. The van der Waals surface area contributed by atoms with E-state index in [1.165, 1.54) is 0 Å². The zero-order chi connectivity index (χ0) is 13.3. The number of amides is 1. The first-order valence-electron chi connectivity index (χ1n) is 6.39. The minimum absolute atomic E-state index is 0.0167. The molecule has 104 valence electrons. The molecule has 2 saturated heterocycles. The van der Waals surface area contributed by atoms with Gasteiger partial charge in [-0.2, -0.15) is 0 Å². The van der Waals surface area contributed by atoms with Crippen LogP contribution in [0.3, 0.4) is 0 Å². The Morgan fingerprint density at radius 2 is 1.89 bits per heavy atom. The lowest BCUT2D eigenvalue weighted by molar-refractivity contribution is -0.0932. The number of piperidine rings is 1. The number of nitrogens with zero attached hydrogens (tertiary/aromatic N) is 1. The Kier molecular flexibility index (Phi) is 3.79. The van der Waals surface area contributed by atoms with Crippen molar-refractivity contribution in [2.75, 3.05) is 13.2 Å². The van der Waals surface area contributed by atoms with Crippen LogP contribution in [-0.4, -0.2) is 53.1 Å². The molecule has 2 fully saturated rings. The Morgan fingerprint density at radius 3 is 2.33 bits per heavy atom. The summed E-state index contributed by atoms with van der Waals surface area (Å²) in [7, 11) is 0. The second-order valence-corrected chi connectivity index (χ2v) is 6.03. The van der Waals surface area contributed by atoms with Crippen LogP contribution in [0.15, 0.2) is 0 Å². The lowest BCUT2D eigenvalue weighted by atomic mass is 9.91. The van der Waals surface area contributed by atoms with E-state index in [0.717, 1.165) is 0 Å². The van der Waals surface area contributed by atoms with E-state index in [-0.39, 0.29) is 24.2 Å². The number of fused-ring (bicyclic) bond motifs is 2. The summed E-state index contributed by atoms with van der Waals surface area (Å²) in [5, 5.41) is 9.03. The van der Waals surface area contributed by atoms with Crippen LogP contribution in [0.2, 0.25) is 0 Å². The predicted octanol–water partition coefficient (Wildman–Crippen LogP) is 1.13. The average molecular weight is 258 g/mol. The van der Waals surface area contributed by atoms with Crippen LogP contribution in [0.5, 0.6) is 0 Å². The summed E-state index contributed by atoms with van der Waals surface area (Å²) in [5.74, 6) is 0. The molecule has 6 heteroatoms. The molecule has 0 aromatic rings. The third kappa shape index (κ3) is 2.93. The average Bonchev–Trinajstić information content (AvgIpc) is 2.24. The predicted molar refractivity (Wildman–Crippen MR) is 64.4 cm³/mol. The van der Waals surface area contributed by atoms with Crippen molar-refractivity contribution < 1.29 is 19.5 Å². The Morgan fingerprint density at radius 1 is 1.33 bits per heavy atom. The number of nitrogens with one attached hydrogen (secondary N) is 1. The number of hydrogen-bond acceptors (Lipinski definition) is 5. The summed E-state index contributed by atoms with van der Waals surface area (Å²) < 4.78 is 10.9. The van der Waals surface area contributed by atoms with Gasteiger partial charge in [-0.25, -0.2) is 10.3 Å². The molecule has 2 aliphatic rings. The van der Waals surface area contributed by atoms with Gasteiger partial charge in [0.15, 0.2) is 0 Å². The Labute approximate surface area is 107 Å². The maximum Gasteiger partial charge on any atom is 0.410 e. The van der Waals surface area contributed by atoms with Gasteiger partial charge < -0.3 is 14.7 Å². The Bertz CT molecular complexity index is 302. The number of hydrogen-bond donors (Lipinski definition) is 2. The van der Waals surface area contributed by atoms with Crippen molar-refractivity contribution in [3.63, 3.8) is 0 Å². The number of carbonyl (C=O) groups is 1. The molecule has 0 saturated carbocycles. The minimum atomic E-state index is -0.488. The molecule has 0 aromatic heterocycles. The summed E-state index contributed by atoms with van der Waals surface area (Å²) in [6.45, 7) is 6.60. The normalized spacial score (nSPS) is 32.2. The van der Waals surface area contributed by atoms with Gasteiger partial charge in [0.05, 0.1) is 25.3 Å². The van der Waals surface area contributed by atoms with Crippen LogP contribution in [0.25, 0.3) is 0 Å². The van der Waals surface area contributed by atoms with Gasteiger partial charge in [0.25, 0.3) is 0 Å². The Hall–Kier alpha value is -0.850. The van der Waals surface area contributed by atoms with Crippen molar-refractivity contribution in [1.29, 1.82) is 0 Å². The third-order valence-corrected chi connectivity index (χ3v) is 3.31. The molecule has 0 aromatic carbocycles. The monoisotopic (exact) mass is 258 g/mol. The van der Waals surface area contributed by atoms with Crippen LogP contribution in [0.4, 0.5) is 4.79 Å². The van der Waals surface area contributed by atoms with Gasteiger partial charge in [-0.05, 0) is 33.6 Å². The SMILES string of the molecule is CC(C)(C)OC(=O)N1C2COCC1CC(NO)C2. The van der Waals surface area contributed by atoms with Crippen molar-refractivity contribution in [2.45, 2.75) is 57.3 Å². The van der Waals surface area contributed by atoms with E-state index in [0.29, 0.717) is 26.1 Å². The number of hydroxylamine groups is 1. The van der Waals surface area contributed by atoms with Gasteiger partial charge in [0.1, 0.15) is 5.60 Å². The van der Waals surface area contributed by atoms with Crippen LogP contribution in [0, 0.1) is 0 Å². The van der Waals surface area contributed by atoms with E-state index in [1.54, 1.807) is 4.90 Å². The fourth-order valence-electron chi connectivity index (χ4n) is 2.63. The van der Waals surface area contributed by atoms with Crippen LogP contribution in [0.1, 0.15) is 33.6 Å². The quantitative estimate of drug-likeness (QED) is 0.690. The van der Waals surface area contributed by atoms with Gasteiger partial charge in [-0.1, -0.05) is 0 Å².